The third-order valence-electron chi connectivity index (χ3n) is 5.78. The van der Waals surface area contributed by atoms with Gasteiger partial charge < -0.3 is 31.9 Å². The molecule has 206 valence electrons. The Hall–Kier alpha value is -3.57. The first-order valence-corrected chi connectivity index (χ1v) is 13.0. The molecule has 4 atom stereocenters. The predicted octanol–water partition coefficient (Wildman–Crippen LogP) is 1.02. The van der Waals surface area contributed by atoms with Crippen molar-refractivity contribution in [1.82, 2.24) is 16.0 Å². The molecule has 2 aromatic rings. The average Bonchev–Trinajstić information content (AvgIpc) is 2.87. The maximum atomic E-state index is 13.3. The van der Waals surface area contributed by atoms with E-state index in [-0.39, 0.29) is 36.7 Å². The quantitative estimate of drug-likeness (QED) is 0.174. The highest BCUT2D eigenvalue weighted by molar-refractivity contribution is 7.80. The number of carbonyl (C=O) groups is 4. The molecule has 0 heterocycles. The first-order chi connectivity index (χ1) is 18.0. The lowest BCUT2D eigenvalue weighted by molar-refractivity contribution is -0.142. The molecule has 0 bridgehead atoms. The molecule has 0 aliphatic carbocycles. The van der Waals surface area contributed by atoms with Crippen molar-refractivity contribution < 1.29 is 29.4 Å². The SMILES string of the molecule is CC(C)CC(NC(=O)C(CS)NC(=O)C(Cc1ccc(O)cc1)NC(=O)C(N)Cc1ccccc1)C(=O)O. The molecular weight excluding hydrogens is 508 g/mol. The van der Waals surface area contributed by atoms with Gasteiger partial charge in [-0.3, -0.25) is 14.4 Å². The van der Waals surface area contributed by atoms with Gasteiger partial charge in [0.15, 0.2) is 0 Å². The summed E-state index contributed by atoms with van der Waals surface area (Å²) in [6.07, 6.45) is 0.531. The van der Waals surface area contributed by atoms with Gasteiger partial charge in [0.1, 0.15) is 23.9 Å². The highest BCUT2D eigenvalue weighted by Crippen LogP contribution is 2.12. The number of carbonyl (C=O) groups excluding carboxylic acids is 3. The van der Waals surface area contributed by atoms with Gasteiger partial charge in [-0.2, -0.15) is 12.6 Å². The van der Waals surface area contributed by atoms with Crippen LogP contribution in [-0.4, -0.2) is 63.8 Å². The first kappa shape index (κ1) is 30.7. The lowest BCUT2D eigenvalue weighted by atomic mass is 10.0. The second kappa shape index (κ2) is 15.0. The van der Waals surface area contributed by atoms with Crippen LogP contribution in [0.15, 0.2) is 54.6 Å². The summed E-state index contributed by atoms with van der Waals surface area (Å²) in [5, 5.41) is 26.7. The summed E-state index contributed by atoms with van der Waals surface area (Å²) in [6, 6.07) is 11.0. The van der Waals surface area contributed by atoms with Gasteiger partial charge in [-0.1, -0.05) is 56.3 Å². The number of aliphatic carboxylic acids is 1. The van der Waals surface area contributed by atoms with Crippen molar-refractivity contribution in [2.24, 2.45) is 11.7 Å². The van der Waals surface area contributed by atoms with Gasteiger partial charge in [-0.25, -0.2) is 4.79 Å². The summed E-state index contributed by atoms with van der Waals surface area (Å²) in [7, 11) is 0. The van der Waals surface area contributed by atoms with E-state index < -0.39 is 47.9 Å². The van der Waals surface area contributed by atoms with Crippen molar-refractivity contribution in [2.45, 2.75) is 57.3 Å². The summed E-state index contributed by atoms with van der Waals surface area (Å²) in [4.78, 5) is 50.5. The van der Waals surface area contributed by atoms with Crippen LogP contribution in [0.2, 0.25) is 0 Å². The van der Waals surface area contributed by atoms with Gasteiger partial charge in [0.25, 0.3) is 0 Å². The molecule has 2 rings (SSSR count). The fraction of sp³-hybridized carbons (Fsp3) is 0.407. The van der Waals surface area contributed by atoms with Crippen molar-refractivity contribution in [1.29, 1.82) is 0 Å². The molecule has 10 nitrogen and oxygen atoms in total. The van der Waals surface area contributed by atoms with E-state index in [0.717, 1.165) is 5.56 Å². The van der Waals surface area contributed by atoms with E-state index >= 15 is 0 Å². The topological polar surface area (TPSA) is 171 Å². The maximum Gasteiger partial charge on any atom is 0.326 e. The number of nitrogens with two attached hydrogens (primary N) is 1. The summed E-state index contributed by atoms with van der Waals surface area (Å²) in [5.41, 5.74) is 7.61. The summed E-state index contributed by atoms with van der Waals surface area (Å²) >= 11 is 4.15. The number of rotatable bonds is 14. The van der Waals surface area contributed by atoms with Gasteiger partial charge in [0.2, 0.25) is 17.7 Å². The number of aromatic hydroxyl groups is 1. The van der Waals surface area contributed by atoms with Crippen molar-refractivity contribution >= 4 is 36.3 Å². The van der Waals surface area contributed by atoms with Crippen molar-refractivity contribution in [2.75, 3.05) is 5.75 Å². The third kappa shape index (κ3) is 10.1. The second-order valence-corrected chi connectivity index (χ2v) is 9.87. The number of phenols is 1. The van der Waals surface area contributed by atoms with E-state index in [9.17, 15) is 29.4 Å². The van der Waals surface area contributed by atoms with Gasteiger partial charge in [0.05, 0.1) is 6.04 Å². The van der Waals surface area contributed by atoms with E-state index in [2.05, 4.69) is 28.6 Å². The summed E-state index contributed by atoms with van der Waals surface area (Å²) in [6.45, 7) is 3.66. The minimum Gasteiger partial charge on any atom is -0.508 e. The number of amides is 3. The molecule has 4 unspecified atom stereocenters. The van der Waals surface area contributed by atoms with E-state index in [1.807, 2.05) is 44.2 Å². The van der Waals surface area contributed by atoms with Crippen LogP contribution in [-0.2, 0) is 32.0 Å². The van der Waals surface area contributed by atoms with Crippen molar-refractivity contribution in [3.05, 3.63) is 65.7 Å². The van der Waals surface area contributed by atoms with E-state index in [1.165, 1.54) is 12.1 Å². The van der Waals surface area contributed by atoms with Crippen LogP contribution in [0.4, 0.5) is 0 Å². The predicted molar refractivity (Wildman–Crippen MR) is 147 cm³/mol. The number of thiol groups is 1. The molecule has 0 aromatic heterocycles. The Morgan fingerprint density at radius 1 is 0.789 bits per heavy atom. The maximum absolute atomic E-state index is 13.3. The number of benzene rings is 2. The zero-order valence-corrected chi connectivity index (χ0v) is 22.4. The number of phenolic OH excluding ortho intramolecular Hbond substituents is 1. The van der Waals surface area contributed by atoms with Crippen LogP contribution in [0.25, 0.3) is 0 Å². The van der Waals surface area contributed by atoms with Gasteiger partial charge in [-0.05, 0) is 42.0 Å². The second-order valence-electron chi connectivity index (χ2n) is 9.50. The minimum atomic E-state index is -1.18. The van der Waals surface area contributed by atoms with Gasteiger partial charge in [-0.15, -0.1) is 0 Å². The normalized spacial score (nSPS) is 14.1. The zero-order chi connectivity index (χ0) is 28.2. The Morgan fingerprint density at radius 3 is 1.87 bits per heavy atom. The Labute approximate surface area is 227 Å². The molecule has 0 saturated carbocycles. The molecule has 0 spiro atoms. The fourth-order valence-electron chi connectivity index (χ4n) is 3.75. The summed E-state index contributed by atoms with van der Waals surface area (Å²) < 4.78 is 0. The standard InChI is InChI=1S/C27H36N4O6S/c1-16(2)12-22(27(36)37)30-26(35)23(15-38)31-25(34)21(14-18-8-10-19(32)11-9-18)29-24(33)20(28)13-17-6-4-3-5-7-17/h3-11,16,20-23,32,38H,12-15,28H2,1-2H3,(H,29,33)(H,30,35)(H,31,34)(H,36,37). The monoisotopic (exact) mass is 544 g/mol. The highest BCUT2D eigenvalue weighted by atomic mass is 32.1. The molecule has 0 radical (unpaired) electrons. The minimum absolute atomic E-state index is 0.0189. The molecule has 0 aliphatic rings. The zero-order valence-electron chi connectivity index (χ0n) is 21.5. The van der Waals surface area contributed by atoms with E-state index in [4.69, 9.17) is 5.73 Å². The van der Waals surface area contributed by atoms with Crippen molar-refractivity contribution in [3.63, 3.8) is 0 Å². The van der Waals surface area contributed by atoms with Gasteiger partial charge in [0, 0.05) is 12.2 Å². The molecule has 7 N–H and O–H groups in total. The molecule has 3 amide bonds. The van der Waals surface area contributed by atoms with Crippen molar-refractivity contribution in [3.8, 4) is 5.75 Å². The highest BCUT2D eigenvalue weighted by Gasteiger charge is 2.30. The Balaban J connectivity index is 2.16. The third-order valence-corrected chi connectivity index (χ3v) is 6.15. The number of carboxylic acids is 1. The molecule has 0 aliphatic heterocycles. The van der Waals surface area contributed by atoms with Crippen LogP contribution in [0.5, 0.6) is 5.75 Å². The van der Waals surface area contributed by atoms with Crippen LogP contribution in [0.1, 0.15) is 31.4 Å². The smallest absolute Gasteiger partial charge is 0.326 e. The lowest BCUT2D eigenvalue weighted by Gasteiger charge is -2.25. The molecule has 11 heteroatoms. The Bertz CT molecular complexity index is 1080. The fourth-order valence-corrected chi connectivity index (χ4v) is 4.01. The molecule has 0 saturated heterocycles. The largest absolute Gasteiger partial charge is 0.508 e. The first-order valence-electron chi connectivity index (χ1n) is 12.3. The number of nitrogens with one attached hydrogen (secondary N) is 3. The van der Waals surface area contributed by atoms with Gasteiger partial charge >= 0.3 is 5.97 Å². The van der Waals surface area contributed by atoms with Crippen LogP contribution in [0.3, 0.4) is 0 Å². The number of hydrogen-bond acceptors (Lipinski definition) is 7. The Kier molecular flexibility index (Phi) is 12.1. The number of hydrogen-bond donors (Lipinski definition) is 7. The van der Waals surface area contributed by atoms with E-state index in [0.29, 0.717) is 5.56 Å². The molecule has 0 fully saturated rings. The Morgan fingerprint density at radius 2 is 1.32 bits per heavy atom. The van der Waals surface area contributed by atoms with Crippen LogP contribution < -0.4 is 21.7 Å². The average molecular weight is 545 g/mol. The molecular formula is C27H36N4O6S. The molecule has 38 heavy (non-hydrogen) atoms. The van der Waals surface area contributed by atoms with Crippen LogP contribution in [0, 0.1) is 5.92 Å². The van der Waals surface area contributed by atoms with Crippen LogP contribution >= 0.6 is 12.6 Å². The number of carboxylic acid groups (broad SMARTS) is 1. The molecule has 2 aromatic carbocycles. The lowest BCUT2D eigenvalue weighted by Crippen LogP contribution is -2.58. The van der Waals surface area contributed by atoms with E-state index in [1.54, 1.807) is 12.1 Å². The summed E-state index contributed by atoms with van der Waals surface area (Å²) in [5.74, 6) is -3.13.